The van der Waals surface area contributed by atoms with Crippen molar-refractivity contribution in [1.82, 2.24) is 0 Å². The van der Waals surface area contributed by atoms with Gasteiger partial charge in [0.1, 0.15) is 6.10 Å². The van der Waals surface area contributed by atoms with Crippen molar-refractivity contribution in [3.05, 3.63) is 39.4 Å². The molecule has 0 saturated heterocycles. The standard InChI is InChI=1S/C11H11F2NO6/c1-20-10(16)4-9(15)11(17)5-2-6(12)7(13)3-8(5)14(18)19/h2-3,9,11,15,17H,4H2,1H3. The van der Waals surface area contributed by atoms with Crippen molar-refractivity contribution in [2.24, 2.45) is 0 Å². The molecule has 2 unspecified atom stereocenters. The first-order valence-corrected chi connectivity index (χ1v) is 5.34. The quantitative estimate of drug-likeness (QED) is 0.472. The summed E-state index contributed by atoms with van der Waals surface area (Å²) in [7, 11) is 1.04. The zero-order valence-corrected chi connectivity index (χ0v) is 10.2. The van der Waals surface area contributed by atoms with E-state index >= 15 is 0 Å². The fraction of sp³-hybridized carbons (Fsp3) is 0.364. The zero-order valence-electron chi connectivity index (χ0n) is 10.2. The van der Waals surface area contributed by atoms with Gasteiger partial charge in [0.25, 0.3) is 5.69 Å². The summed E-state index contributed by atoms with van der Waals surface area (Å²) in [6, 6.07) is 0.692. The molecular weight excluding hydrogens is 280 g/mol. The van der Waals surface area contributed by atoms with Crippen LogP contribution < -0.4 is 0 Å². The molecule has 1 aromatic rings. The maximum atomic E-state index is 13.1. The molecule has 0 saturated carbocycles. The molecule has 0 aliphatic carbocycles. The average Bonchev–Trinajstić information content (AvgIpc) is 2.39. The van der Waals surface area contributed by atoms with Crippen LogP contribution in [0.3, 0.4) is 0 Å². The van der Waals surface area contributed by atoms with Crippen LogP contribution in [0.1, 0.15) is 18.1 Å². The second-order valence-corrected chi connectivity index (χ2v) is 3.87. The normalized spacial score (nSPS) is 13.7. The van der Waals surface area contributed by atoms with Gasteiger partial charge in [0.05, 0.1) is 36.2 Å². The van der Waals surface area contributed by atoms with Gasteiger partial charge in [-0.1, -0.05) is 0 Å². The number of aliphatic hydroxyl groups excluding tert-OH is 2. The van der Waals surface area contributed by atoms with Crippen LogP contribution in [0.5, 0.6) is 0 Å². The van der Waals surface area contributed by atoms with E-state index in [0.717, 1.165) is 7.11 Å². The molecule has 0 fully saturated rings. The fourth-order valence-corrected chi connectivity index (χ4v) is 1.52. The van der Waals surface area contributed by atoms with Crippen LogP contribution in [0.4, 0.5) is 14.5 Å². The molecule has 0 amide bonds. The van der Waals surface area contributed by atoms with Gasteiger partial charge in [0.15, 0.2) is 11.6 Å². The molecule has 0 aliphatic rings. The van der Waals surface area contributed by atoms with Gasteiger partial charge in [-0.25, -0.2) is 8.78 Å². The average molecular weight is 291 g/mol. The van der Waals surface area contributed by atoms with Crippen molar-refractivity contribution < 1.29 is 33.4 Å². The molecule has 0 aliphatic heterocycles. The van der Waals surface area contributed by atoms with Gasteiger partial charge < -0.3 is 14.9 Å². The third-order valence-corrected chi connectivity index (χ3v) is 2.55. The Morgan fingerprint density at radius 2 is 1.95 bits per heavy atom. The number of ether oxygens (including phenoxy) is 1. The molecule has 2 N–H and O–H groups in total. The van der Waals surface area contributed by atoms with Gasteiger partial charge in [-0.15, -0.1) is 0 Å². The summed E-state index contributed by atoms with van der Waals surface area (Å²) in [6.07, 6.45) is -4.36. The van der Waals surface area contributed by atoms with Crippen LogP contribution in [0.15, 0.2) is 12.1 Å². The first-order valence-electron chi connectivity index (χ1n) is 5.34. The maximum absolute atomic E-state index is 13.1. The number of halogens is 2. The molecule has 1 aromatic carbocycles. The number of carbonyl (C=O) groups is 1. The summed E-state index contributed by atoms with van der Waals surface area (Å²) >= 11 is 0. The first-order chi connectivity index (χ1) is 9.27. The van der Waals surface area contributed by atoms with E-state index in [-0.39, 0.29) is 0 Å². The van der Waals surface area contributed by atoms with E-state index < -0.39 is 52.4 Å². The fourth-order valence-electron chi connectivity index (χ4n) is 1.52. The van der Waals surface area contributed by atoms with Crippen molar-refractivity contribution in [3.8, 4) is 0 Å². The van der Waals surface area contributed by atoms with Gasteiger partial charge in [0.2, 0.25) is 0 Å². The lowest BCUT2D eigenvalue weighted by molar-refractivity contribution is -0.386. The smallest absolute Gasteiger partial charge is 0.308 e. The number of aliphatic hydroxyl groups is 2. The highest BCUT2D eigenvalue weighted by atomic mass is 19.2. The van der Waals surface area contributed by atoms with Crippen molar-refractivity contribution in [1.29, 1.82) is 0 Å². The van der Waals surface area contributed by atoms with Crippen molar-refractivity contribution >= 4 is 11.7 Å². The Bertz CT molecular complexity index is 536. The highest BCUT2D eigenvalue weighted by Gasteiger charge is 2.30. The van der Waals surface area contributed by atoms with Crippen molar-refractivity contribution in [2.45, 2.75) is 18.6 Å². The highest BCUT2D eigenvalue weighted by Crippen LogP contribution is 2.30. The second-order valence-electron chi connectivity index (χ2n) is 3.87. The minimum absolute atomic E-state index is 0.290. The molecule has 0 spiro atoms. The third-order valence-electron chi connectivity index (χ3n) is 2.55. The maximum Gasteiger partial charge on any atom is 0.308 e. The molecule has 0 heterocycles. The predicted molar refractivity (Wildman–Crippen MR) is 60.6 cm³/mol. The Labute approximate surface area is 111 Å². The Morgan fingerprint density at radius 3 is 2.45 bits per heavy atom. The molecule has 110 valence electrons. The number of nitro groups is 1. The Hall–Kier alpha value is -2.13. The van der Waals surface area contributed by atoms with Crippen LogP contribution in [0, 0.1) is 21.7 Å². The van der Waals surface area contributed by atoms with E-state index in [9.17, 15) is 33.9 Å². The van der Waals surface area contributed by atoms with Crippen molar-refractivity contribution in [2.75, 3.05) is 7.11 Å². The lowest BCUT2D eigenvalue weighted by Gasteiger charge is -2.17. The van der Waals surface area contributed by atoms with E-state index in [0.29, 0.717) is 12.1 Å². The van der Waals surface area contributed by atoms with Gasteiger partial charge in [-0.3, -0.25) is 14.9 Å². The van der Waals surface area contributed by atoms with Crippen LogP contribution in [0.25, 0.3) is 0 Å². The van der Waals surface area contributed by atoms with Crippen LogP contribution in [-0.4, -0.2) is 34.3 Å². The molecule has 0 radical (unpaired) electrons. The van der Waals surface area contributed by atoms with Gasteiger partial charge in [-0.2, -0.15) is 0 Å². The van der Waals surface area contributed by atoms with Crippen LogP contribution in [-0.2, 0) is 9.53 Å². The number of hydrogen-bond donors (Lipinski definition) is 2. The number of nitrogens with zero attached hydrogens (tertiary/aromatic N) is 1. The second kappa shape index (κ2) is 6.35. The predicted octanol–water partition coefficient (Wildman–Crippen LogP) is 0.830. The number of esters is 1. The Morgan fingerprint density at radius 1 is 1.40 bits per heavy atom. The Kier molecular flexibility index (Phi) is 5.06. The minimum Gasteiger partial charge on any atom is -0.469 e. The zero-order chi connectivity index (χ0) is 15.4. The number of benzene rings is 1. The topological polar surface area (TPSA) is 110 Å². The number of carbonyl (C=O) groups excluding carboxylic acids is 1. The molecule has 20 heavy (non-hydrogen) atoms. The van der Waals surface area contributed by atoms with E-state index in [1.165, 1.54) is 0 Å². The lowest BCUT2D eigenvalue weighted by Crippen LogP contribution is -2.23. The molecule has 0 bridgehead atoms. The summed E-state index contributed by atoms with van der Waals surface area (Å²) in [5.74, 6) is -3.76. The third kappa shape index (κ3) is 3.45. The first kappa shape index (κ1) is 15.9. The van der Waals surface area contributed by atoms with Gasteiger partial charge in [0, 0.05) is 0 Å². The van der Waals surface area contributed by atoms with E-state index in [1.54, 1.807) is 0 Å². The highest BCUT2D eigenvalue weighted by molar-refractivity contribution is 5.69. The van der Waals surface area contributed by atoms with Crippen molar-refractivity contribution in [3.63, 3.8) is 0 Å². The number of methoxy groups -OCH3 is 1. The molecule has 2 atom stereocenters. The van der Waals surface area contributed by atoms with E-state index in [4.69, 9.17) is 0 Å². The minimum atomic E-state index is -1.94. The van der Waals surface area contributed by atoms with E-state index in [1.807, 2.05) is 0 Å². The van der Waals surface area contributed by atoms with Crippen LogP contribution in [0.2, 0.25) is 0 Å². The summed E-state index contributed by atoms with van der Waals surface area (Å²) < 4.78 is 30.3. The molecule has 9 heteroatoms. The van der Waals surface area contributed by atoms with Gasteiger partial charge in [-0.05, 0) is 6.07 Å². The SMILES string of the molecule is COC(=O)CC(O)C(O)c1cc(F)c(F)cc1[N+](=O)[O-]. The summed E-state index contributed by atoms with van der Waals surface area (Å²) in [5.41, 5.74) is -1.54. The largest absolute Gasteiger partial charge is 0.469 e. The summed E-state index contributed by atoms with van der Waals surface area (Å²) in [4.78, 5) is 20.6. The lowest BCUT2D eigenvalue weighted by atomic mass is 10.00. The summed E-state index contributed by atoms with van der Waals surface area (Å²) in [5, 5.41) is 30.0. The van der Waals surface area contributed by atoms with Gasteiger partial charge >= 0.3 is 5.97 Å². The Balaban J connectivity index is 3.14. The molecular formula is C11H11F2NO6. The van der Waals surface area contributed by atoms with Crippen LogP contribution >= 0.6 is 0 Å². The molecule has 1 rings (SSSR count). The summed E-state index contributed by atoms with van der Waals surface area (Å²) in [6.45, 7) is 0. The molecule has 0 aromatic heterocycles. The monoisotopic (exact) mass is 291 g/mol. The molecule has 7 nitrogen and oxygen atoms in total. The number of hydrogen-bond acceptors (Lipinski definition) is 6. The number of rotatable bonds is 5. The van der Waals surface area contributed by atoms with E-state index in [2.05, 4.69) is 4.74 Å². The number of nitro benzene ring substituents is 1.